The molecule has 1 aromatic heterocycles. The van der Waals surface area contributed by atoms with Crippen molar-refractivity contribution >= 4 is 27.5 Å². The predicted octanol–water partition coefficient (Wildman–Crippen LogP) is 11.8. The number of aryl methyl sites for hydroxylation is 1. The van der Waals surface area contributed by atoms with Crippen molar-refractivity contribution < 1.29 is 0 Å². The molecule has 48 heavy (non-hydrogen) atoms. The van der Waals surface area contributed by atoms with Gasteiger partial charge in [0.2, 0.25) is 0 Å². The van der Waals surface area contributed by atoms with E-state index in [9.17, 15) is 0 Å². The van der Waals surface area contributed by atoms with Crippen LogP contribution < -0.4 is 4.90 Å². The van der Waals surface area contributed by atoms with Gasteiger partial charge in [0, 0.05) is 51.9 Å². The maximum Gasteiger partial charge on any atom is 0.0580 e. The Balaban J connectivity index is 1.04. The van der Waals surface area contributed by atoms with Crippen molar-refractivity contribution in [2.24, 2.45) is 0 Å². The molecule has 2 heterocycles. The van der Waals surface area contributed by atoms with E-state index < -0.39 is 0 Å². The van der Waals surface area contributed by atoms with Gasteiger partial charge >= 0.3 is 0 Å². The third kappa shape index (κ3) is 4.53. The number of hydrogen-bond acceptors (Lipinski definition) is 1. The average molecular weight is 625 g/mol. The first-order valence-electron chi connectivity index (χ1n) is 18.2. The van der Waals surface area contributed by atoms with Gasteiger partial charge in [0.25, 0.3) is 0 Å². The topological polar surface area (TPSA) is 8.17 Å². The number of aromatic nitrogens is 1. The number of allylic oxidation sites excluding steroid dienone is 2. The summed E-state index contributed by atoms with van der Waals surface area (Å²) in [6, 6.07) is 42.6. The standard InChI is InChI=1S/C46H44N2/c1-3-47-42-14-8-6-12-38(42)40-30-34(20-26-44(40)47)32-16-22-36(23-17-32)46(28-10-5-11-29-46)37-24-18-33(19-25-37)35-21-27-45-41(31-35)39-13-7-9-15-43(39)48(45)4-2/h6-9,12-27,30-31,38,42H,3-5,10-11,28-29H2,1-2H3. The summed E-state index contributed by atoms with van der Waals surface area (Å²) in [4.78, 5) is 2.55. The number of likely N-dealkylation sites (N-methyl/N-ethyl adjacent to an activating group) is 1. The van der Waals surface area contributed by atoms with Crippen LogP contribution in [0.15, 0.2) is 133 Å². The molecule has 1 fully saturated rings. The molecule has 0 bridgehead atoms. The Bertz CT molecular complexity index is 2190. The van der Waals surface area contributed by atoms with Crippen molar-refractivity contribution in [3.63, 3.8) is 0 Å². The Morgan fingerprint density at radius 1 is 0.583 bits per heavy atom. The zero-order chi connectivity index (χ0) is 32.2. The van der Waals surface area contributed by atoms with Gasteiger partial charge in [0.1, 0.15) is 0 Å². The van der Waals surface area contributed by atoms with E-state index in [4.69, 9.17) is 0 Å². The van der Waals surface area contributed by atoms with Crippen molar-refractivity contribution in [2.45, 2.75) is 69.9 Å². The van der Waals surface area contributed by atoms with E-state index in [0.29, 0.717) is 12.0 Å². The summed E-state index contributed by atoms with van der Waals surface area (Å²) in [6.45, 7) is 6.51. The van der Waals surface area contributed by atoms with Crippen LogP contribution in [0.1, 0.15) is 68.6 Å². The summed E-state index contributed by atoms with van der Waals surface area (Å²) in [7, 11) is 0. The SMILES string of the molecule is CCN1c2ccc(-c3ccc(C4(c5ccc(-c6ccc7c(c6)c6ccccc6n7CC)cc5)CCCCC4)cc3)cc2C2C=CC=CC21. The fourth-order valence-corrected chi connectivity index (χ4v) is 9.42. The van der Waals surface area contributed by atoms with E-state index in [0.717, 1.165) is 13.1 Å². The van der Waals surface area contributed by atoms with Gasteiger partial charge in [0.15, 0.2) is 0 Å². The van der Waals surface area contributed by atoms with Crippen LogP contribution in [0.5, 0.6) is 0 Å². The van der Waals surface area contributed by atoms with Gasteiger partial charge in [-0.1, -0.05) is 122 Å². The van der Waals surface area contributed by atoms with Gasteiger partial charge in [0.05, 0.1) is 6.04 Å². The fourth-order valence-electron chi connectivity index (χ4n) is 9.42. The lowest BCUT2D eigenvalue weighted by atomic mass is 9.65. The summed E-state index contributed by atoms with van der Waals surface area (Å²) < 4.78 is 2.43. The summed E-state index contributed by atoms with van der Waals surface area (Å²) in [5.41, 5.74) is 13.7. The highest BCUT2D eigenvalue weighted by Crippen LogP contribution is 2.47. The molecule has 2 heteroatoms. The Kier molecular flexibility index (Phi) is 7.15. The molecule has 0 amide bonds. The van der Waals surface area contributed by atoms with Crippen molar-refractivity contribution in [1.29, 1.82) is 0 Å². The second kappa shape index (κ2) is 11.7. The minimum absolute atomic E-state index is 0.0693. The van der Waals surface area contributed by atoms with Crippen LogP contribution in [0, 0.1) is 0 Å². The lowest BCUT2D eigenvalue weighted by Crippen LogP contribution is -2.32. The number of rotatable bonds is 6. The van der Waals surface area contributed by atoms with Gasteiger partial charge in [-0.15, -0.1) is 0 Å². The molecule has 5 aromatic carbocycles. The van der Waals surface area contributed by atoms with Crippen LogP contribution in [-0.4, -0.2) is 17.2 Å². The van der Waals surface area contributed by atoms with E-state index in [-0.39, 0.29) is 5.41 Å². The maximum absolute atomic E-state index is 2.55. The minimum Gasteiger partial charge on any atom is -0.364 e. The highest BCUT2D eigenvalue weighted by Gasteiger charge is 2.37. The van der Waals surface area contributed by atoms with Gasteiger partial charge in [-0.2, -0.15) is 0 Å². The zero-order valence-electron chi connectivity index (χ0n) is 28.2. The summed E-state index contributed by atoms with van der Waals surface area (Å²) >= 11 is 0. The van der Waals surface area contributed by atoms with Crippen LogP contribution in [-0.2, 0) is 12.0 Å². The van der Waals surface area contributed by atoms with Gasteiger partial charge in [-0.3, -0.25) is 0 Å². The fraction of sp³-hybridized carbons (Fsp3) is 0.261. The van der Waals surface area contributed by atoms with Crippen molar-refractivity contribution in [1.82, 2.24) is 4.57 Å². The quantitative estimate of drug-likeness (QED) is 0.179. The Morgan fingerprint density at radius 3 is 1.92 bits per heavy atom. The summed E-state index contributed by atoms with van der Waals surface area (Å²) in [5.74, 6) is 0.441. The molecule has 0 radical (unpaired) electrons. The summed E-state index contributed by atoms with van der Waals surface area (Å²) in [6.07, 6.45) is 15.5. The molecule has 2 nitrogen and oxygen atoms in total. The van der Waals surface area contributed by atoms with E-state index >= 15 is 0 Å². The van der Waals surface area contributed by atoms with Gasteiger partial charge < -0.3 is 9.47 Å². The van der Waals surface area contributed by atoms with E-state index in [2.05, 4.69) is 157 Å². The molecule has 0 N–H and O–H groups in total. The van der Waals surface area contributed by atoms with Crippen molar-refractivity contribution in [2.75, 3.05) is 11.4 Å². The Labute approximate surface area is 285 Å². The number of fused-ring (bicyclic) bond motifs is 6. The molecular formula is C46H44N2. The largest absolute Gasteiger partial charge is 0.364 e. The lowest BCUT2D eigenvalue weighted by molar-refractivity contribution is 0.346. The molecule has 2 atom stereocenters. The summed E-state index contributed by atoms with van der Waals surface area (Å²) in [5, 5.41) is 2.68. The molecule has 6 aromatic rings. The average Bonchev–Trinajstić information content (AvgIpc) is 3.66. The van der Waals surface area contributed by atoms with Crippen LogP contribution in [0.25, 0.3) is 44.1 Å². The zero-order valence-corrected chi connectivity index (χ0v) is 28.2. The number of anilines is 1. The van der Waals surface area contributed by atoms with E-state index in [1.807, 2.05) is 0 Å². The first kappa shape index (κ1) is 29.3. The molecule has 238 valence electrons. The van der Waals surface area contributed by atoms with E-state index in [1.165, 1.54) is 98.5 Å². The molecule has 0 saturated heterocycles. The van der Waals surface area contributed by atoms with Crippen LogP contribution >= 0.6 is 0 Å². The Morgan fingerprint density at radius 2 is 1.21 bits per heavy atom. The smallest absolute Gasteiger partial charge is 0.0580 e. The number of nitrogens with zero attached hydrogens (tertiary/aromatic N) is 2. The molecule has 1 saturated carbocycles. The number of benzene rings is 5. The van der Waals surface area contributed by atoms with Gasteiger partial charge in [-0.05, 0) is 96.0 Å². The maximum atomic E-state index is 2.55. The molecule has 9 rings (SSSR count). The molecule has 2 aliphatic carbocycles. The first-order valence-corrected chi connectivity index (χ1v) is 18.2. The number of hydrogen-bond donors (Lipinski definition) is 0. The lowest BCUT2D eigenvalue weighted by Gasteiger charge is -2.39. The van der Waals surface area contributed by atoms with Gasteiger partial charge in [-0.25, -0.2) is 0 Å². The molecule has 3 aliphatic rings. The Hall–Kier alpha value is -4.82. The number of para-hydroxylation sites is 1. The van der Waals surface area contributed by atoms with Crippen LogP contribution in [0.2, 0.25) is 0 Å². The molecule has 0 spiro atoms. The van der Waals surface area contributed by atoms with E-state index in [1.54, 1.807) is 0 Å². The van der Waals surface area contributed by atoms with Crippen molar-refractivity contribution in [3.05, 3.63) is 150 Å². The van der Waals surface area contributed by atoms with Crippen molar-refractivity contribution in [3.8, 4) is 22.3 Å². The normalized spacial score (nSPS) is 19.6. The molecule has 2 unspecified atom stereocenters. The van der Waals surface area contributed by atoms with Crippen LogP contribution in [0.4, 0.5) is 5.69 Å². The second-order valence-electron chi connectivity index (χ2n) is 14.1. The highest BCUT2D eigenvalue weighted by molar-refractivity contribution is 6.09. The monoisotopic (exact) mass is 624 g/mol. The molecule has 1 aliphatic heterocycles. The van der Waals surface area contributed by atoms with Crippen LogP contribution in [0.3, 0.4) is 0 Å². The predicted molar refractivity (Wildman–Crippen MR) is 204 cm³/mol. The highest BCUT2D eigenvalue weighted by atomic mass is 15.2. The first-order chi connectivity index (χ1) is 23.7. The third-order valence-corrected chi connectivity index (χ3v) is 11.8. The third-order valence-electron chi connectivity index (χ3n) is 11.8. The minimum atomic E-state index is 0.0693. The molecular weight excluding hydrogens is 581 g/mol. The second-order valence-corrected chi connectivity index (χ2v) is 14.1.